The van der Waals surface area contributed by atoms with Crippen molar-refractivity contribution >= 4 is 44.8 Å². The minimum Gasteiger partial charge on any atom is -0.482 e. The molecule has 0 aromatic heterocycles. The Hall–Kier alpha value is -1.84. The largest absolute Gasteiger partial charge is 0.482 e. The molecule has 0 saturated carbocycles. The number of hydrogen-bond acceptors (Lipinski definition) is 5. The molecule has 0 aliphatic carbocycles. The van der Waals surface area contributed by atoms with E-state index in [2.05, 4.69) is 5.32 Å². The summed E-state index contributed by atoms with van der Waals surface area (Å²) in [6.07, 6.45) is 0. The molecule has 29 heavy (non-hydrogen) atoms. The zero-order valence-electron chi connectivity index (χ0n) is 15.7. The standard InChI is InChI=1S/C19H20Cl2N2O5S/c1-13-15(20)3-2-4-17(13)22-19(24)12-28-18-6-5-14(11-16(18)21)29(25,26)23-7-9-27-10-8-23/h2-6,11H,7-10,12H2,1H3,(H,22,24). The molecule has 7 nitrogen and oxygen atoms in total. The lowest BCUT2D eigenvalue weighted by atomic mass is 10.2. The van der Waals surface area contributed by atoms with E-state index in [0.29, 0.717) is 37.0 Å². The van der Waals surface area contributed by atoms with Crippen molar-refractivity contribution in [3.8, 4) is 5.75 Å². The van der Waals surface area contributed by atoms with Gasteiger partial charge in [0, 0.05) is 23.8 Å². The molecule has 2 aromatic carbocycles. The SMILES string of the molecule is Cc1c(Cl)cccc1NC(=O)COc1ccc(S(=O)(=O)N2CCOCC2)cc1Cl. The van der Waals surface area contributed by atoms with Gasteiger partial charge in [-0.1, -0.05) is 29.3 Å². The van der Waals surface area contributed by atoms with Crippen LogP contribution in [0, 0.1) is 6.92 Å². The summed E-state index contributed by atoms with van der Waals surface area (Å²) in [4.78, 5) is 12.2. The van der Waals surface area contributed by atoms with Crippen LogP contribution in [0.15, 0.2) is 41.3 Å². The van der Waals surface area contributed by atoms with Crippen LogP contribution < -0.4 is 10.1 Å². The maximum atomic E-state index is 12.7. The fourth-order valence-corrected chi connectivity index (χ4v) is 4.68. The maximum Gasteiger partial charge on any atom is 0.262 e. The van der Waals surface area contributed by atoms with Gasteiger partial charge in [-0.05, 0) is 42.8 Å². The van der Waals surface area contributed by atoms with Gasteiger partial charge in [-0.2, -0.15) is 4.31 Å². The number of morpholine rings is 1. The van der Waals surface area contributed by atoms with Gasteiger partial charge >= 0.3 is 0 Å². The van der Waals surface area contributed by atoms with Gasteiger partial charge in [0.2, 0.25) is 10.0 Å². The first-order chi connectivity index (χ1) is 13.8. The lowest BCUT2D eigenvalue weighted by Gasteiger charge is -2.26. The topological polar surface area (TPSA) is 84.9 Å². The van der Waals surface area contributed by atoms with Crippen molar-refractivity contribution in [2.75, 3.05) is 38.2 Å². The van der Waals surface area contributed by atoms with Gasteiger partial charge in [-0.3, -0.25) is 4.79 Å². The Kier molecular flexibility index (Phi) is 7.02. The molecule has 1 amide bonds. The molecular formula is C19H20Cl2N2O5S. The van der Waals surface area contributed by atoms with Gasteiger partial charge in [0.25, 0.3) is 5.91 Å². The third-order valence-electron chi connectivity index (χ3n) is 4.41. The Morgan fingerprint density at radius 1 is 1.17 bits per heavy atom. The summed E-state index contributed by atoms with van der Waals surface area (Å²) in [7, 11) is -3.66. The van der Waals surface area contributed by atoms with Gasteiger partial charge in [-0.25, -0.2) is 8.42 Å². The molecule has 0 radical (unpaired) electrons. The second-order valence-corrected chi connectivity index (χ2v) is 9.11. The summed E-state index contributed by atoms with van der Waals surface area (Å²) in [5, 5.41) is 3.36. The van der Waals surface area contributed by atoms with Crippen LogP contribution in [0.3, 0.4) is 0 Å². The van der Waals surface area contributed by atoms with Crippen LogP contribution in [-0.2, 0) is 19.6 Å². The Morgan fingerprint density at radius 3 is 2.59 bits per heavy atom. The average molecular weight is 459 g/mol. The zero-order chi connectivity index (χ0) is 21.0. The van der Waals surface area contributed by atoms with Crippen LogP contribution in [0.2, 0.25) is 10.0 Å². The molecule has 1 heterocycles. The highest BCUT2D eigenvalue weighted by molar-refractivity contribution is 7.89. The average Bonchev–Trinajstić information content (AvgIpc) is 2.71. The molecule has 3 rings (SSSR count). The van der Waals surface area contributed by atoms with Crippen LogP contribution in [-0.4, -0.2) is 51.5 Å². The molecule has 0 unspecified atom stereocenters. The number of amides is 1. The molecule has 10 heteroatoms. The van der Waals surface area contributed by atoms with Gasteiger partial charge in [-0.15, -0.1) is 0 Å². The van der Waals surface area contributed by atoms with Crippen LogP contribution in [0.4, 0.5) is 5.69 Å². The number of anilines is 1. The molecular weight excluding hydrogens is 439 g/mol. The van der Waals surface area contributed by atoms with E-state index in [0.717, 1.165) is 5.56 Å². The lowest BCUT2D eigenvalue weighted by Crippen LogP contribution is -2.40. The van der Waals surface area contributed by atoms with Crippen molar-refractivity contribution in [1.82, 2.24) is 4.31 Å². The number of carbonyl (C=O) groups excluding carboxylic acids is 1. The third kappa shape index (κ3) is 5.21. The first-order valence-electron chi connectivity index (χ1n) is 8.84. The van der Waals surface area contributed by atoms with E-state index in [1.54, 1.807) is 25.1 Å². The minimum atomic E-state index is -3.66. The van der Waals surface area contributed by atoms with Crippen molar-refractivity contribution in [3.63, 3.8) is 0 Å². The van der Waals surface area contributed by atoms with Crippen LogP contribution >= 0.6 is 23.2 Å². The number of carbonyl (C=O) groups is 1. The van der Waals surface area contributed by atoms with Gasteiger partial charge in [0.1, 0.15) is 5.75 Å². The molecule has 1 N–H and O–H groups in total. The third-order valence-corrected chi connectivity index (χ3v) is 7.01. The van der Waals surface area contributed by atoms with E-state index >= 15 is 0 Å². The van der Waals surface area contributed by atoms with E-state index in [-0.39, 0.29) is 22.3 Å². The molecule has 2 aromatic rings. The fraction of sp³-hybridized carbons (Fsp3) is 0.316. The Morgan fingerprint density at radius 2 is 1.90 bits per heavy atom. The van der Waals surface area contributed by atoms with Crippen molar-refractivity contribution in [1.29, 1.82) is 0 Å². The quantitative estimate of drug-likeness (QED) is 0.717. The zero-order valence-corrected chi connectivity index (χ0v) is 18.0. The molecule has 1 aliphatic rings. The predicted molar refractivity (Wildman–Crippen MR) is 111 cm³/mol. The van der Waals surface area contributed by atoms with E-state index in [1.165, 1.54) is 22.5 Å². The molecule has 156 valence electrons. The number of sulfonamides is 1. The molecule has 1 aliphatic heterocycles. The maximum absolute atomic E-state index is 12.7. The molecule has 1 fully saturated rings. The number of nitrogens with zero attached hydrogens (tertiary/aromatic N) is 1. The number of ether oxygens (including phenoxy) is 2. The summed E-state index contributed by atoms with van der Waals surface area (Å²) in [5.74, 6) is -0.179. The van der Waals surface area contributed by atoms with Gasteiger partial charge in [0.05, 0.1) is 23.1 Å². The van der Waals surface area contributed by atoms with E-state index in [9.17, 15) is 13.2 Å². The number of rotatable bonds is 6. The summed E-state index contributed by atoms with van der Waals surface area (Å²) in [5.41, 5.74) is 1.34. The normalized spacial score (nSPS) is 15.1. The Labute approximate surface area is 179 Å². The van der Waals surface area contributed by atoms with Crippen molar-refractivity contribution in [3.05, 3.63) is 52.0 Å². The summed E-state index contributed by atoms with van der Waals surface area (Å²) in [6, 6.07) is 9.36. The van der Waals surface area contributed by atoms with E-state index < -0.39 is 15.9 Å². The monoisotopic (exact) mass is 458 g/mol. The summed E-state index contributed by atoms with van der Waals surface area (Å²) < 4.78 is 37.3. The summed E-state index contributed by atoms with van der Waals surface area (Å²) in [6.45, 7) is 2.80. The number of benzene rings is 2. The number of halogens is 2. The smallest absolute Gasteiger partial charge is 0.262 e. The van der Waals surface area contributed by atoms with Crippen LogP contribution in [0.25, 0.3) is 0 Å². The highest BCUT2D eigenvalue weighted by Crippen LogP contribution is 2.29. The molecule has 0 atom stereocenters. The first kappa shape index (κ1) is 21.9. The molecule has 0 spiro atoms. The van der Waals surface area contributed by atoms with Gasteiger partial charge < -0.3 is 14.8 Å². The Bertz CT molecular complexity index is 1010. The summed E-state index contributed by atoms with van der Waals surface area (Å²) >= 11 is 12.2. The number of hydrogen-bond donors (Lipinski definition) is 1. The fourth-order valence-electron chi connectivity index (χ4n) is 2.77. The lowest BCUT2D eigenvalue weighted by molar-refractivity contribution is -0.118. The highest BCUT2D eigenvalue weighted by atomic mass is 35.5. The first-order valence-corrected chi connectivity index (χ1v) is 11.0. The van der Waals surface area contributed by atoms with Gasteiger partial charge in [0.15, 0.2) is 6.61 Å². The molecule has 1 saturated heterocycles. The second-order valence-electron chi connectivity index (χ2n) is 6.36. The van der Waals surface area contributed by atoms with E-state index in [1.807, 2.05) is 0 Å². The minimum absolute atomic E-state index is 0.0655. The highest BCUT2D eigenvalue weighted by Gasteiger charge is 2.27. The number of nitrogens with one attached hydrogen (secondary N) is 1. The predicted octanol–water partition coefficient (Wildman–Crippen LogP) is 3.34. The molecule has 0 bridgehead atoms. The van der Waals surface area contributed by atoms with Crippen molar-refractivity contribution < 1.29 is 22.7 Å². The second kappa shape index (κ2) is 9.32. The van der Waals surface area contributed by atoms with Crippen molar-refractivity contribution in [2.45, 2.75) is 11.8 Å². The van der Waals surface area contributed by atoms with Crippen LogP contribution in [0.1, 0.15) is 5.56 Å². The van der Waals surface area contributed by atoms with E-state index in [4.69, 9.17) is 32.7 Å². The Balaban J connectivity index is 1.65. The van der Waals surface area contributed by atoms with Crippen molar-refractivity contribution in [2.24, 2.45) is 0 Å². The van der Waals surface area contributed by atoms with Crippen LogP contribution in [0.5, 0.6) is 5.75 Å².